The summed E-state index contributed by atoms with van der Waals surface area (Å²) in [6, 6.07) is 5.09. The number of imidazole rings is 1. The lowest BCUT2D eigenvalue weighted by Gasteiger charge is -2.21. The predicted molar refractivity (Wildman–Crippen MR) is 95.6 cm³/mol. The van der Waals surface area contributed by atoms with Gasteiger partial charge in [-0.25, -0.2) is 4.98 Å². The van der Waals surface area contributed by atoms with Crippen LogP contribution in [0.5, 0.6) is 11.5 Å². The van der Waals surface area contributed by atoms with Gasteiger partial charge < -0.3 is 25.1 Å². The predicted octanol–water partition coefficient (Wildman–Crippen LogP) is 1.77. The molecule has 0 spiro atoms. The number of rotatable bonds is 8. The molecule has 1 amide bonds. The molecule has 2 aromatic rings. The van der Waals surface area contributed by atoms with Crippen LogP contribution in [0.3, 0.4) is 0 Å². The number of ether oxygens (including phenoxy) is 2. The zero-order valence-electron chi connectivity index (χ0n) is 15.2. The van der Waals surface area contributed by atoms with Gasteiger partial charge in [0.05, 0.1) is 14.2 Å². The summed E-state index contributed by atoms with van der Waals surface area (Å²) in [6.07, 6.45) is 4.53. The van der Waals surface area contributed by atoms with Gasteiger partial charge in [0.1, 0.15) is 23.4 Å². The van der Waals surface area contributed by atoms with E-state index in [0.717, 1.165) is 11.4 Å². The maximum absolute atomic E-state index is 12.4. The Bertz CT molecular complexity index is 690. The number of hydrogen-bond donors (Lipinski definition) is 2. The van der Waals surface area contributed by atoms with Crippen LogP contribution in [0.4, 0.5) is 0 Å². The Hall–Kier alpha value is -2.54. The molecule has 0 saturated carbocycles. The van der Waals surface area contributed by atoms with Crippen molar-refractivity contribution >= 4 is 5.91 Å². The molecule has 2 unspecified atom stereocenters. The van der Waals surface area contributed by atoms with Gasteiger partial charge >= 0.3 is 0 Å². The molecule has 1 heterocycles. The van der Waals surface area contributed by atoms with Crippen LogP contribution in [0.2, 0.25) is 0 Å². The molecular weight excluding hydrogens is 320 g/mol. The van der Waals surface area contributed by atoms with Crippen molar-refractivity contribution < 1.29 is 14.3 Å². The Morgan fingerprint density at radius 3 is 2.40 bits per heavy atom. The molecular formula is C18H26N4O3. The van der Waals surface area contributed by atoms with E-state index in [4.69, 9.17) is 15.2 Å². The normalized spacial score (nSPS) is 13.2. The lowest BCUT2D eigenvalue weighted by molar-refractivity contribution is -0.121. The van der Waals surface area contributed by atoms with Crippen LogP contribution < -0.4 is 20.5 Å². The Balaban J connectivity index is 2.35. The van der Waals surface area contributed by atoms with Crippen LogP contribution in [0, 0.1) is 0 Å². The summed E-state index contributed by atoms with van der Waals surface area (Å²) in [4.78, 5) is 16.8. The van der Waals surface area contributed by atoms with Crippen LogP contribution >= 0.6 is 0 Å². The first kappa shape index (κ1) is 18.8. The van der Waals surface area contributed by atoms with E-state index in [9.17, 15) is 4.79 Å². The summed E-state index contributed by atoms with van der Waals surface area (Å²) in [7, 11) is 5.08. The first-order valence-electron chi connectivity index (χ1n) is 8.19. The molecule has 0 fully saturated rings. The fourth-order valence-electron chi connectivity index (χ4n) is 2.54. The molecule has 0 aliphatic rings. The number of benzene rings is 1. The molecule has 0 bridgehead atoms. The second-order valence-electron chi connectivity index (χ2n) is 6.06. The van der Waals surface area contributed by atoms with Gasteiger partial charge in [-0.15, -0.1) is 0 Å². The highest BCUT2D eigenvalue weighted by Gasteiger charge is 2.22. The number of carbonyl (C=O) groups is 1. The van der Waals surface area contributed by atoms with Crippen LogP contribution in [0.1, 0.15) is 37.2 Å². The number of carbonyl (C=O) groups excluding carboxylic acids is 1. The van der Waals surface area contributed by atoms with Crippen LogP contribution in [0.15, 0.2) is 30.6 Å². The second-order valence-corrected chi connectivity index (χ2v) is 6.06. The molecule has 7 nitrogen and oxygen atoms in total. The lowest BCUT2D eigenvalue weighted by atomic mass is 10.0. The van der Waals surface area contributed by atoms with Crippen molar-refractivity contribution in [2.24, 2.45) is 12.8 Å². The summed E-state index contributed by atoms with van der Waals surface area (Å²) in [5, 5.41) is 3.05. The molecule has 25 heavy (non-hydrogen) atoms. The third-order valence-corrected chi connectivity index (χ3v) is 3.96. The number of nitrogens with one attached hydrogen (secondary N) is 1. The van der Waals surface area contributed by atoms with Crippen molar-refractivity contribution in [3.05, 3.63) is 42.0 Å². The average molecular weight is 346 g/mol. The summed E-state index contributed by atoms with van der Waals surface area (Å²) in [5.41, 5.74) is 6.58. The van der Waals surface area contributed by atoms with E-state index < -0.39 is 6.04 Å². The van der Waals surface area contributed by atoms with E-state index in [0.29, 0.717) is 24.3 Å². The zero-order chi connectivity index (χ0) is 18.4. The van der Waals surface area contributed by atoms with Crippen LogP contribution in [-0.2, 0) is 11.8 Å². The number of methoxy groups -OCH3 is 2. The van der Waals surface area contributed by atoms with E-state index >= 15 is 0 Å². The fourth-order valence-corrected chi connectivity index (χ4v) is 2.54. The third kappa shape index (κ3) is 4.96. The minimum absolute atomic E-state index is 0.0192. The molecule has 1 aromatic heterocycles. The van der Waals surface area contributed by atoms with Crippen molar-refractivity contribution in [2.75, 3.05) is 14.2 Å². The molecule has 7 heteroatoms. The molecule has 136 valence electrons. The van der Waals surface area contributed by atoms with Gasteiger partial charge in [-0.1, -0.05) is 0 Å². The largest absolute Gasteiger partial charge is 0.497 e. The van der Waals surface area contributed by atoms with Crippen molar-refractivity contribution in [3.8, 4) is 11.5 Å². The molecule has 2 atom stereocenters. The van der Waals surface area contributed by atoms with Gasteiger partial charge in [0.15, 0.2) is 0 Å². The summed E-state index contributed by atoms with van der Waals surface area (Å²) < 4.78 is 12.6. The van der Waals surface area contributed by atoms with Crippen molar-refractivity contribution in [2.45, 2.75) is 31.8 Å². The van der Waals surface area contributed by atoms with Gasteiger partial charge in [-0.2, -0.15) is 0 Å². The lowest BCUT2D eigenvalue weighted by Crippen LogP contribution is -2.32. The van der Waals surface area contributed by atoms with Crippen LogP contribution in [-0.4, -0.2) is 35.7 Å². The minimum Gasteiger partial charge on any atom is -0.497 e. The monoisotopic (exact) mass is 346 g/mol. The Morgan fingerprint density at radius 1 is 1.28 bits per heavy atom. The average Bonchev–Trinajstić information content (AvgIpc) is 3.02. The number of nitrogens with zero attached hydrogens (tertiary/aromatic N) is 2. The molecule has 2 rings (SSSR count). The molecule has 3 N–H and O–H groups in total. The second kappa shape index (κ2) is 8.53. The summed E-state index contributed by atoms with van der Waals surface area (Å²) >= 11 is 0. The smallest absolute Gasteiger partial charge is 0.220 e. The summed E-state index contributed by atoms with van der Waals surface area (Å²) in [5.74, 6) is 1.95. The van der Waals surface area contributed by atoms with Crippen molar-refractivity contribution in [1.29, 1.82) is 0 Å². The fraction of sp³-hybridized carbons (Fsp3) is 0.444. The van der Waals surface area contributed by atoms with Crippen molar-refractivity contribution in [3.63, 3.8) is 0 Å². The van der Waals surface area contributed by atoms with E-state index in [-0.39, 0.29) is 11.9 Å². The molecule has 0 aliphatic carbocycles. The number of nitrogens with two attached hydrogens (primary N) is 1. The van der Waals surface area contributed by atoms with Gasteiger partial charge in [0.25, 0.3) is 0 Å². The zero-order valence-corrected chi connectivity index (χ0v) is 15.2. The Labute approximate surface area is 148 Å². The van der Waals surface area contributed by atoms with Crippen LogP contribution in [0.25, 0.3) is 0 Å². The first-order chi connectivity index (χ1) is 11.9. The number of hydrogen-bond acceptors (Lipinski definition) is 5. The number of aromatic nitrogens is 2. The topological polar surface area (TPSA) is 91.4 Å². The molecule has 0 saturated heterocycles. The van der Waals surface area contributed by atoms with E-state index in [2.05, 4.69) is 10.3 Å². The van der Waals surface area contributed by atoms with E-state index in [1.807, 2.05) is 36.9 Å². The van der Waals surface area contributed by atoms with E-state index in [1.54, 1.807) is 26.5 Å². The third-order valence-electron chi connectivity index (χ3n) is 3.96. The summed E-state index contributed by atoms with van der Waals surface area (Å²) in [6.45, 7) is 1.89. The number of aryl methyl sites for hydroxylation is 1. The molecule has 1 aromatic carbocycles. The van der Waals surface area contributed by atoms with Crippen molar-refractivity contribution in [1.82, 2.24) is 14.9 Å². The van der Waals surface area contributed by atoms with Gasteiger partial charge in [0.2, 0.25) is 5.91 Å². The first-order valence-corrected chi connectivity index (χ1v) is 8.19. The Morgan fingerprint density at radius 2 is 1.92 bits per heavy atom. The highest BCUT2D eigenvalue weighted by molar-refractivity contribution is 5.77. The Kier molecular flexibility index (Phi) is 6.41. The highest BCUT2D eigenvalue weighted by atomic mass is 16.5. The van der Waals surface area contributed by atoms with E-state index in [1.165, 1.54) is 0 Å². The minimum atomic E-state index is -0.412. The highest BCUT2D eigenvalue weighted by Crippen LogP contribution is 2.29. The van der Waals surface area contributed by atoms with Gasteiger partial charge in [-0.05, 0) is 31.0 Å². The maximum atomic E-state index is 12.4. The van der Waals surface area contributed by atoms with Gasteiger partial charge in [0, 0.05) is 38.0 Å². The number of amides is 1. The van der Waals surface area contributed by atoms with Gasteiger partial charge in [-0.3, -0.25) is 4.79 Å². The standard InChI is InChI=1S/C18H26N4O3/c1-12(19)5-6-16(23)21-17(18-20-7-8-22(18)2)13-9-14(24-3)11-15(10-13)25-4/h7-12,17H,5-6,19H2,1-4H3,(H,21,23). The molecule has 0 aliphatic heterocycles. The maximum Gasteiger partial charge on any atom is 0.220 e. The quantitative estimate of drug-likeness (QED) is 0.760. The molecule has 0 radical (unpaired) electrons. The SMILES string of the molecule is COc1cc(OC)cc(C(NC(=O)CCC(C)N)c2nccn2C)c1.